The van der Waals surface area contributed by atoms with Gasteiger partial charge in [0.2, 0.25) is 5.91 Å². The summed E-state index contributed by atoms with van der Waals surface area (Å²) in [5, 5.41) is 2.68. The average Bonchev–Trinajstić information content (AvgIpc) is 2.17. The molecule has 0 radical (unpaired) electrons. The van der Waals surface area contributed by atoms with Gasteiger partial charge >= 0.3 is 5.97 Å². The van der Waals surface area contributed by atoms with E-state index in [1.807, 2.05) is 12.2 Å². The van der Waals surface area contributed by atoms with Crippen LogP contribution in [0, 0.1) is 0 Å². The number of esters is 1. The number of carbonyl (C=O) groups is 2. The lowest BCUT2D eigenvalue weighted by atomic mass is 9.85. The van der Waals surface area contributed by atoms with Crippen LogP contribution in [0.25, 0.3) is 0 Å². The molecule has 0 aromatic heterocycles. The summed E-state index contributed by atoms with van der Waals surface area (Å²) < 4.78 is 4.71. The minimum Gasteiger partial charge on any atom is -0.467 e. The minimum absolute atomic E-state index is 0.203. The van der Waals surface area contributed by atoms with Crippen molar-refractivity contribution in [3.05, 3.63) is 12.2 Å². The molecular weight excluding hydrogens is 182 g/mol. The van der Waals surface area contributed by atoms with Gasteiger partial charge in [-0.25, -0.2) is 4.79 Å². The van der Waals surface area contributed by atoms with Crippen LogP contribution in [0.15, 0.2) is 12.2 Å². The number of methoxy groups -OCH3 is 1. The minimum atomic E-state index is -0.838. The predicted octanol–water partition coefficient (Wildman–Crippen LogP) is 0.774. The van der Waals surface area contributed by atoms with E-state index in [9.17, 15) is 9.59 Å². The fraction of sp³-hybridized carbons (Fsp3) is 0.600. The van der Waals surface area contributed by atoms with E-state index < -0.39 is 5.54 Å². The third-order valence-electron chi connectivity index (χ3n) is 2.36. The Bertz CT molecular complexity index is 273. The molecule has 1 aliphatic carbocycles. The van der Waals surface area contributed by atoms with E-state index >= 15 is 0 Å². The van der Waals surface area contributed by atoms with Crippen molar-refractivity contribution in [2.45, 2.75) is 31.7 Å². The summed E-state index contributed by atoms with van der Waals surface area (Å²) in [6.07, 6.45) is 5.81. The molecule has 0 spiro atoms. The molecule has 0 fully saturated rings. The first-order valence-electron chi connectivity index (χ1n) is 4.63. The highest BCUT2D eigenvalue weighted by molar-refractivity contribution is 5.87. The van der Waals surface area contributed by atoms with Crippen molar-refractivity contribution in [1.82, 2.24) is 5.32 Å². The molecule has 14 heavy (non-hydrogen) atoms. The molecule has 1 rings (SSSR count). The highest BCUT2D eigenvalue weighted by Crippen LogP contribution is 2.24. The molecule has 1 aliphatic rings. The van der Waals surface area contributed by atoms with Gasteiger partial charge in [-0.3, -0.25) is 4.79 Å². The smallest absolute Gasteiger partial charge is 0.331 e. The van der Waals surface area contributed by atoms with Crippen molar-refractivity contribution >= 4 is 11.9 Å². The number of carbonyl (C=O) groups excluding carboxylic acids is 2. The van der Waals surface area contributed by atoms with E-state index in [1.165, 1.54) is 14.0 Å². The molecule has 0 aliphatic heterocycles. The van der Waals surface area contributed by atoms with Crippen LogP contribution in [0.2, 0.25) is 0 Å². The third kappa shape index (κ3) is 2.13. The van der Waals surface area contributed by atoms with Crippen LogP contribution < -0.4 is 5.32 Å². The lowest BCUT2D eigenvalue weighted by Crippen LogP contribution is -2.54. The highest BCUT2D eigenvalue weighted by atomic mass is 16.5. The predicted molar refractivity (Wildman–Crippen MR) is 51.6 cm³/mol. The molecule has 1 N–H and O–H groups in total. The van der Waals surface area contributed by atoms with Gasteiger partial charge in [0.25, 0.3) is 0 Å². The molecule has 1 atom stereocenters. The van der Waals surface area contributed by atoms with Gasteiger partial charge < -0.3 is 10.1 Å². The van der Waals surface area contributed by atoms with E-state index in [0.717, 1.165) is 6.42 Å². The van der Waals surface area contributed by atoms with Gasteiger partial charge in [0.05, 0.1) is 7.11 Å². The molecule has 0 heterocycles. The Hall–Kier alpha value is -1.32. The van der Waals surface area contributed by atoms with Crippen LogP contribution in [0.1, 0.15) is 26.2 Å². The SMILES string of the molecule is COC(=O)C1(NC(C)=O)CC=CCC1. The van der Waals surface area contributed by atoms with Gasteiger partial charge in [0.1, 0.15) is 5.54 Å². The summed E-state index contributed by atoms with van der Waals surface area (Å²) in [4.78, 5) is 22.5. The maximum Gasteiger partial charge on any atom is 0.331 e. The Morgan fingerprint density at radius 2 is 2.14 bits per heavy atom. The quantitative estimate of drug-likeness (QED) is 0.525. The summed E-state index contributed by atoms with van der Waals surface area (Å²) in [5.74, 6) is -0.567. The van der Waals surface area contributed by atoms with Crippen molar-refractivity contribution in [2.24, 2.45) is 0 Å². The van der Waals surface area contributed by atoms with Crippen LogP contribution in [0.5, 0.6) is 0 Å². The van der Waals surface area contributed by atoms with Crippen LogP contribution in [-0.4, -0.2) is 24.5 Å². The fourth-order valence-electron chi connectivity index (χ4n) is 1.72. The second kappa shape index (κ2) is 4.26. The third-order valence-corrected chi connectivity index (χ3v) is 2.36. The standard InChI is InChI=1S/C10H15NO3/c1-8(12)11-10(9(13)14-2)6-4-3-5-7-10/h3-4H,5-7H2,1-2H3,(H,11,12). The van der Waals surface area contributed by atoms with Gasteiger partial charge in [-0.05, 0) is 19.3 Å². The number of rotatable bonds is 2. The number of nitrogens with one attached hydrogen (secondary N) is 1. The van der Waals surface area contributed by atoms with Crippen LogP contribution in [0.4, 0.5) is 0 Å². The first kappa shape index (κ1) is 10.8. The molecular formula is C10H15NO3. The molecule has 0 saturated heterocycles. The van der Waals surface area contributed by atoms with Gasteiger partial charge in [0.15, 0.2) is 0 Å². The number of hydrogen-bond donors (Lipinski definition) is 1. The second-order valence-electron chi connectivity index (χ2n) is 3.47. The maximum atomic E-state index is 11.6. The van der Waals surface area contributed by atoms with E-state index in [-0.39, 0.29) is 11.9 Å². The Morgan fingerprint density at radius 3 is 2.57 bits per heavy atom. The zero-order valence-electron chi connectivity index (χ0n) is 8.50. The number of amides is 1. The monoisotopic (exact) mass is 197 g/mol. The zero-order chi connectivity index (χ0) is 10.6. The van der Waals surface area contributed by atoms with E-state index in [4.69, 9.17) is 4.74 Å². The van der Waals surface area contributed by atoms with Crippen LogP contribution in [-0.2, 0) is 14.3 Å². The van der Waals surface area contributed by atoms with Crippen molar-refractivity contribution in [3.63, 3.8) is 0 Å². The number of allylic oxidation sites excluding steroid dienone is 1. The Kier molecular flexibility index (Phi) is 3.28. The Labute approximate surface area is 83.3 Å². The van der Waals surface area contributed by atoms with Crippen LogP contribution >= 0.6 is 0 Å². The molecule has 0 aromatic rings. The molecule has 4 heteroatoms. The van der Waals surface area contributed by atoms with Crippen LogP contribution in [0.3, 0.4) is 0 Å². The van der Waals surface area contributed by atoms with E-state index in [0.29, 0.717) is 12.8 Å². The van der Waals surface area contributed by atoms with E-state index in [2.05, 4.69) is 5.32 Å². The van der Waals surface area contributed by atoms with Crippen molar-refractivity contribution in [2.75, 3.05) is 7.11 Å². The number of hydrogen-bond acceptors (Lipinski definition) is 3. The van der Waals surface area contributed by atoms with Crippen molar-refractivity contribution in [1.29, 1.82) is 0 Å². The summed E-state index contributed by atoms with van der Waals surface area (Å²) >= 11 is 0. The first-order valence-corrected chi connectivity index (χ1v) is 4.63. The topological polar surface area (TPSA) is 55.4 Å². The highest BCUT2D eigenvalue weighted by Gasteiger charge is 2.39. The van der Waals surface area contributed by atoms with Gasteiger partial charge in [0, 0.05) is 6.92 Å². The average molecular weight is 197 g/mol. The molecule has 0 aromatic carbocycles. The molecule has 78 valence electrons. The lowest BCUT2D eigenvalue weighted by Gasteiger charge is -2.32. The Morgan fingerprint density at radius 1 is 1.43 bits per heavy atom. The molecule has 4 nitrogen and oxygen atoms in total. The van der Waals surface area contributed by atoms with Gasteiger partial charge in [-0.2, -0.15) is 0 Å². The van der Waals surface area contributed by atoms with Gasteiger partial charge in [-0.1, -0.05) is 12.2 Å². The lowest BCUT2D eigenvalue weighted by molar-refractivity contribution is -0.151. The molecule has 0 saturated carbocycles. The second-order valence-corrected chi connectivity index (χ2v) is 3.47. The Balaban J connectivity index is 2.83. The van der Waals surface area contributed by atoms with E-state index in [1.54, 1.807) is 0 Å². The zero-order valence-corrected chi connectivity index (χ0v) is 8.50. The first-order chi connectivity index (χ1) is 6.60. The largest absolute Gasteiger partial charge is 0.467 e. The number of ether oxygens (including phenoxy) is 1. The van der Waals surface area contributed by atoms with Crippen molar-refractivity contribution in [3.8, 4) is 0 Å². The summed E-state index contributed by atoms with van der Waals surface area (Å²) in [7, 11) is 1.34. The van der Waals surface area contributed by atoms with Gasteiger partial charge in [-0.15, -0.1) is 0 Å². The summed E-state index contributed by atoms with van der Waals surface area (Å²) in [5.41, 5.74) is -0.838. The summed E-state index contributed by atoms with van der Waals surface area (Å²) in [6.45, 7) is 1.41. The molecule has 0 bridgehead atoms. The summed E-state index contributed by atoms with van der Waals surface area (Å²) in [6, 6.07) is 0. The molecule has 1 amide bonds. The van der Waals surface area contributed by atoms with Crippen molar-refractivity contribution < 1.29 is 14.3 Å². The molecule has 1 unspecified atom stereocenters. The maximum absolute atomic E-state index is 11.6. The fourth-order valence-corrected chi connectivity index (χ4v) is 1.72. The normalized spacial score (nSPS) is 25.6.